The van der Waals surface area contributed by atoms with Gasteiger partial charge in [0.15, 0.2) is 5.82 Å². The first kappa shape index (κ1) is 19.8. The number of anilines is 1. The van der Waals surface area contributed by atoms with Crippen LogP contribution in [0.25, 0.3) is 5.82 Å². The molecule has 30 heavy (non-hydrogen) atoms. The van der Waals surface area contributed by atoms with E-state index in [1.165, 1.54) is 18.2 Å². The second-order valence-corrected chi connectivity index (χ2v) is 7.22. The van der Waals surface area contributed by atoms with Gasteiger partial charge in [-0.1, -0.05) is 12.1 Å². The second kappa shape index (κ2) is 9.34. The van der Waals surface area contributed by atoms with Crippen molar-refractivity contribution in [2.45, 2.75) is 19.3 Å². The first-order valence-electron chi connectivity index (χ1n) is 10.1. The van der Waals surface area contributed by atoms with Crippen molar-refractivity contribution in [3.8, 4) is 11.6 Å². The predicted molar refractivity (Wildman–Crippen MR) is 112 cm³/mol. The Morgan fingerprint density at radius 1 is 1.13 bits per heavy atom. The van der Waals surface area contributed by atoms with Crippen LogP contribution in [-0.2, 0) is 11.2 Å². The van der Waals surface area contributed by atoms with E-state index in [9.17, 15) is 4.79 Å². The van der Waals surface area contributed by atoms with Crippen LogP contribution >= 0.6 is 0 Å². The third kappa shape index (κ3) is 4.73. The van der Waals surface area contributed by atoms with Crippen molar-refractivity contribution in [1.29, 1.82) is 0 Å². The Hall–Kier alpha value is -3.49. The molecular formula is C21H25N7O2. The van der Waals surface area contributed by atoms with Gasteiger partial charge < -0.3 is 15.0 Å². The molecule has 0 radical (unpaired) electrons. The van der Waals surface area contributed by atoms with Gasteiger partial charge in [-0.05, 0) is 37.0 Å². The zero-order valence-electron chi connectivity index (χ0n) is 16.9. The van der Waals surface area contributed by atoms with Gasteiger partial charge in [0.1, 0.15) is 30.5 Å². The molecule has 9 heteroatoms. The number of nitrogens with zero attached hydrogens (tertiary/aromatic N) is 6. The van der Waals surface area contributed by atoms with Crippen molar-refractivity contribution >= 4 is 11.7 Å². The van der Waals surface area contributed by atoms with Crippen molar-refractivity contribution in [3.63, 3.8) is 0 Å². The fourth-order valence-corrected chi connectivity index (χ4v) is 3.60. The van der Waals surface area contributed by atoms with E-state index in [0.717, 1.165) is 43.9 Å². The highest BCUT2D eigenvalue weighted by atomic mass is 16.5. The number of rotatable bonds is 7. The van der Waals surface area contributed by atoms with Gasteiger partial charge in [-0.2, -0.15) is 5.10 Å². The van der Waals surface area contributed by atoms with Crippen LogP contribution in [0.2, 0.25) is 0 Å². The number of hydrogen-bond acceptors (Lipinski definition) is 7. The lowest BCUT2D eigenvalue weighted by atomic mass is 9.96. The lowest BCUT2D eigenvalue weighted by Crippen LogP contribution is -2.41. The second-order valence-electron chi connectivity index (χ2n) is 7.22. The minimum atomic E-state index is 0.0359. The number of aromatic nitrogens is 5. The van der Waals surface area contributed by atoms with E-state index in [0.29, 0.717) is 12.4 Å². The SMILES string of the molecule is COc1ccc(CCNC(=O)C2CCN(c3cc(-n4cncn4)ncn3)CC2)cc1. The van der Waals surface area contributed by atoms with Gasteiger partial charge in [-0.3, -0.25) is 4.79 Å². The molecule has 1 N–H and O–H groups in total. The van der Waals surface area contributed by atoms with E-state index in [4.69, 9.17) is 4.74 Å². The molecule has 156 valence electrons. The third-order valence-electron chi connectivity index (χ3n) is 5.35. The Bertz CT molecular complexity index is 952. The lowest BCUT2D eigenvalue weighted by Gasteiger charge is -2.32. The van der Waals surface area contributed by atoms with Crippen LogP contribution in [0.4, 0.5) is 5.82 Å². The minimum absolute atomic E-state index is 0.0359. The van der Waals surface area contributed by atoms with Crippen LogP contribution in [-0.4, -0.2) is 57.4 Å². The van der Waals surface area contributed by atoms with Gasteiger partial charge in [0.05, 0.1) is 7.11 Å². The average molecular weight is 407 g/mol. The van der Waals surface area contributed by atoms with Crippen molar-refractivity contribution < 1.29 is 9.53 Å². The topological polar surface area (TPSA) is 98.1 Å². The van der Waals surface area contributed by atoms with Crippen LogP contribution in [0.5, 0.6) is 5.75 Å². The molecular weight excluding hydrogens is 382 g/mol. The Kier molecular flexibility index (Phi) is 6.17. The summed E-state index contributed by atoms with van der Waals surface area (Å²) in [6.45, 7) is 2.20. The predicted octanol–water partition coefficient (Wildman–Crippen LogP) is 1.64. The van der Waals surface area contributed by atoms with Gasteiger partial charge >= 0.3 is 0 Å². The van der Waals surface area contributed by atoms with Crippen LogP contribution in [0, 0.1) is 5.92 Å². The Labute approximate surface area is 175 Å². The molecule has 1 saturated heterocycles. The number of piperidine rings is 1. The summed E-state index contributed by atoms with van der Waals surface area (Å²) in [4.78, 5) is 27.3. The number of ether oxygens (including phenoxy) is 1. The fraction of sp³-hybridized carbons (Fsp3) is 0.381. The molecule has 0 aliphatic carbocycles. The largest absolute Gasteiger partial charge is 0.497 e. The molecule has 1 aromatic carbocycles. The van der Waals surface area contributed by atoms with Crippen molar-refractivity contribution in [2.75, 3.05) is 31.6 Å². The molecule has 9 nitrogen and oxygen atoms in total. The summed E-state index contributed by atoms with van der Waals surface area (Å²) >= 11 is 0. The molecule has 1 aliphatic rings. The molecule has 1 fully saturated rings. The fourth-order valence-electron chi connectivity index (χ4n) is 3.60. The summed E-state index contributed by atoms with van der Waals surface area (Å²) in [7, 11) is 1.65. The monoisotopic (exact) mass is 407 g/mol. The van der Waals surface area contributed by atoms with E-state index in [1.54, 1.807) is 18.1 Å². The maximum Gasteiger partial charge on any atom is 0.223 e. The number of amides is 1. The van der Waals surface area contributed by atoms with Gasteiger partial charge in [-0.15, -0.1) is 0 Å². The maximum atomic E-state index is 12.5. The standard InChI is InChI=1S/C21H25N7O2/c1-30-18-4-2-16(3-5-18)6-9-23-21(29)17-7-10-27(11-8-17)19-12-20(25-14-24-19)28-15-22-13-26-28/h2-5,12-15,17H,6-11H2,1H3,(H,23,29). The van der Waals surface area contributed by atoms with E-state index in [1.807, 2.05) is 30.3 Å². The first-order chi connectivity index (χ1) is 14.7. The molecule has 3 aromatic rings. The van der Waals surface area contributed by atoms with Crippen LogP contribution in [0.15, 0.2) is 49.3 Å². The average Bonchev–Trinajstić information content (AvgIpc) is 3.35. The zero-order chi connectivity index (χ0) is 20.8. The zero-order valence-corrected chi connectivity index (χ0v) is 16.9. The highest BCUT2D eigenvalue weighted by Gasteiger charge is 2.25. The third-order valence-corrected chi connectivity index (χ3v) is 5.35. The number of carbonyl (C=O) groups excluding carboxylic acids is 1. The van der Waals surface area contributed by atoms with E-state index >= 15 is 0 Å². The maximum absolute atomic E-state index is 12.5. The molecule has 3 heterocycles. The van der Waals surface area contributed by atoms with Gasteiger partial charge in [-0.25, -0.2) is 19.6 Å². The molecule has 0 bridgehead atoms. The number of methoxy groups -OCH3 is 1. The minimum Gasteiger partial charge on any atom is -0.497 e. The van der Waals surface area contributed by atoms with E-state index in [-0.39, 0.29) is 11.8 Å². The van der Waals surface area contributed by atoms with Crippen molar-refractivity contribution in [3.05, 3.63) is 54.9 Å². The summed E-state index contributed by atoms with van der Waals surface area (Å²) in [6, 6.07) is 9.82. The summed E-state index contributed by atoms with van der Waals surface area (Å²) in [5.74, 6) is 2.53. The molecule has 1 aliphatic heterocycles. The van der Waals surface area contributed by atoms with Gasteiger partial charge in [0.2, 0.25) is 5.91 Å². The van der Waals surface area contributed by atoms with Crippen LogP contribution in [0.3, 0.4) is 0 Å². The quantitative estimate of drug-likeness (QED) is 0.636. The van der Waals surface area contributed by atoms with E-state index < -0.39 is 0 Å². The Morgan fingerprint density at radius 2 is 1.90 bits per heavy atom. The molecule has 0 atom stereocenters. The van der Waals surface area contributed by atoms with Gasteiger partial charge in [0, 0.05) is 31.6 Å². The number of carbonyl (C=O) groups is 1. The van der Waals surface area contributed by atoms with Gasteiger partial charge in [0.25, 0.3) is 0 Å². The summed E-state index contributed by atoms with van der Waals surface area (Å²) in [5.41, 5.74) is 1.18. The summed E-state index contributed by atoms with van der Waals surface area (Å²) in [6.07, 6.45) is 7.02. The Morgan fingerprint density at radius 3 is 2.60 bits per heavy atom. The normalized spacial score (nSPS) is 14.5. The molecule has 1 amide bonds. The number of nitrogens with one attached hydrogen (secondary N) is 1. The number of benzene rings is 1. The molecule has 0 unspecified atom stereocenters. The van der Waals surface area contributed by atoms with Crippen molar-refractivity contribution in [1.82, 2.24) is 30.0 Å². The summed E-state index contributed by atoms with van der Waals surface area (Å²) < 4.78 is 6.77. The smallest absolute Gasteiger partial charge is 0.223 e. The summed E-state index contributed by atoms with van der Waals surface area (Å²) in [5, 5.41) is 7.18. The highest BCUT2D eigenvalue weighted by Crippen LogP contribution is 2.22. The number of hydrogen-bond donors (Lipinski definition) is 1. The first-order valence-corrected chi connectivity index (χ1v) is 10.1. The van der Waals surface area contributed by atoms with Crippen LogP contribution in [0.1, 0.15) is 18.4 Å². The molecule has 4 rings (SSSR count). The van der Waals surface area contributed by atoms with Crippen molar-refractivity contribution in [2.24, 2.45) is 5.92 Å². The Balaban J connectivity index is 1.25. The molecule has 0 saturated carbocycles. The molecule has 2 aromatic heterocycles. The lowest BCUT2D eigenvalue weighted by molar-refractivity contribution is -0.125. The molecule has 0 spiro atoms. The highest BCUT2D eigenvalue weighted by molar-refractivity contribution is 5.79. The van der Waals surface area contributed by atoms with E-state index in [2.05, 4.69) is 30.3 Å². The van der Waals surface area contributed by atoms with Crippen LogP contribution < -0.4 is 15.0 Å².